The molecule has 160 valence electrons. The van der Waals surface area contributed by atoms with Crippen molar-refractivity contribution in [3.63, 3.8) is 0 Å². The topological polar surface area (TPSA) is 61.9 Å². The molecular formula is C22H32ClN3O3. The monoisotopic (exact) mass is 421 g/mol. The highest BCUT2D eigenvalue weighted by atomic mass is 35.5. The second-order valence-corrected chi connectivity index (χ2v) is 8.91. The third-order valence-corrected chi connectivity index (χ3v) is 6.72. The van der Waals surface area contributed by atoms with Crippen molar-refractivity contribution in [3.8, 4) is 5.75 Å². The van der Waals surface area contributed by atoms with E-state index in [4.69, 9.17) is 4.74 Å². The lowest BCUT2D eigenvalue weighted by molar-refractivity contribution is -0.132. The number of rotatable bonds is 4. The van der Waals surface area contributed by atoms with Crippen LogP contribution in [0.2, 0.25) is 0 Å². The lowest BCUT2D eigenvalue weighted by Gasteiger charge is -2.38. The van der Waals surface area contributed by atoms with Crippen LogP contribution in [0.4, 0.5) is 0 Å². The molecule has 7 heteroatoms. The molecule has 0 spiro atoms. The summed E-state index contributed by atoms with van der Waals surface area (Å²) in [4.78, 5) is 29.8. The first-order valence-electron chi connectivity index (χ1n) is 10.4. The van der Waals surface area contributed by atoms with Crippen LogP contribution in [0.25, 0.3) is 0 Å². The normalized spacial score (nSPS) is 29.4. The van der Waals surface area contributed by atoms with Gasteiger partial charge in [0.25, 0.3) is 0 Å². The van der Waals surface area contributed by atoms with Gasteiger partial charge in [0.1, 0.15) is 11.9 Å². The molecule has 3 atom stereocenters. The Bertz CT molecular complexity index is 779. The van der Waals surface area contributed by atoms with Gasteiger partial charge in [0.05, 0.1) is 6.04 Å². The van der Waals surface area contributed by atoms with E-state index in [2.05, 4.69) is 42.1 Å². The van der Waals surface area contributed by atoms with Crippen LogP contribution >= 0.6 is 12.4 Å². The van der Waals surface area contributed by atoms with Crippen LogP contribution in [-0.4, -0.2) is 73.4 Å². The quantitative estimate of drug-likeness (QED) is 0.804. The molecule has 1 aromatic carbocycles. The number of amides is 1. The van der Waals surface area contributed by atoms with E-state index < -0.39 is 6.04 Å². The molecule has 1 saturated carbocycles. The molecular weight excluding hydrogens is 390 g/mol. The minimum atomic E-state index is -0.420. The van der Waals surface area contributed by atoms with Crippen LogP contribution < -0.4 is 10.1 Å². The predicted octanol–water partition coefficient (Wildman–Crippen LogP) is 1.92. The summed E-state index contributed by atoms with van der Waals surface area (Å²) < 4.78 is 6.08. The second-order valence-electron chi connectivity index (χ2n) is 8.91. The van der Waals surface area contributed by atoms with Crippen molar-refractivity contribution in [1.82, 2.24) is 15.1 Å². The lowest BCUT2D eigenvalue weighted by atomic mass is 9.68. The second kappa shape index (κ2) is 8.62. The van der Waals surface area contributed by atoms with Crippen molar-refractivity contribution in [1.29, 1.82) is 0 Å². The highest BCUT2D eigenvalue weighted by Crippen LogP contribution is 2.49. The number of carbonyl (C=O) groups excluding carboxylic acids is 2. The molecule has 1 aromatic rings. The van der Waals surface area contributed by atoms with Crippen LogP contribution in [0, 0.1) is 6.92 Å². The maximum atomic E-state index is 12.7. The molecule has 1 saturated heterocycles. The first kappa shape index (κ1) is 22.1. The van der Waals surface area contributed by atoms with Crippen molar-refractivity contribution in [2.24, 2.45) is 0 Å². The van der Waals surface area contributed by atoms with E-state index in [0.717, 1.165) is 38.5 Å². The minimum absolute atomic E-state index is 0. The Labute approximate surface area is 179 Å². The summed E-state index contributed by atoms with van der Waals surface area (Å²) in [6.45, 7) is 9.08. The number of ketones is 1. The van der Waals surface area contributed by atoms with E-state index in [-0.39, 0.29) is 35.6 Å². The molecule has 2 fully saturated rings. The fourth-order valence-corrected chi connectivity index (χ4v) is 4.75. The molecule has 3 aliphatic rings. The molecule has 1 unspecified atom stereocenters. The Morgan fingerprint density at radius 1 is 1.28 bits per heavy atom. The number of benzene rings is 1. The van der Waals surface area contributed by atoms with Crippen LogP contribution in [-0.2, 0) is 15.0 Å². The highest BCUT2D eigenvalue weighted by Gasteiger charge is 2.52. The number of nitrogens with zero attached hydrogens (tertiary/aromatic N) is 2. The first-order valence-corrected chi connectivity index (χ1v) is 10.4. The molecule has 0 radical (unpaired) electrons. The fraction of sp³-hybridized carbons (Fsp3) is 0.636. The minimum Gasteiger partial charge on any atom is -0.489 e. The summed E-state index contributed by atoms with van der Waals surface area (Å²) in [7, 11) is 2.12. The van der Waals surface area contributed by atoms with E-state index in [0.29, 0.717) is 19.3 Å². The molecule has 2 heterocycles. The number of likely N-dealkylation sites (N-methyl/N-ethyl adjacent to an activating group) is 1. The van der Waals surface area contributed by atoms with Crippen molar-refractivity contribution >= 4 is 24.1 Å². The van der Waals surface area contributed by atoms with Crippen molar-refractivity contribution in [3.05, 3.63) is 29.3 Å². The maximum absolute atomic E-state index is 12.7. The van der Waals surface area contributed by atoms with E-state index in [1.54, 1.807) is 0 Å². The van der Waals surface area contributed by atoms with Crippen molar-refractivity contribution in [2.75, 3.05) is 39.8 Å². The number of nitrogens with one attached hydrogen (secondary N) is 1. The zero-order valence-electron chi connectivity index (χ0n) is 17.6. The molecule has 1 N–H and O–H groups in total. The average Bonchev–Trinajstić information content (AvgIpc) is 2.93. The fourth-order valence-electron chi connectivity index (χ4n) is 4.75. The van der Waals surface area contributed by atoms with Gasteiger partial charge in [-0.2, -0.15) is 0 Å². The standard InChI is InChI=1S/C22H31N3O3.ClH/c1-15-4-5-19-16(12-15)22(2)14-17(18(26)13-20(22)28-19)23-21(27)6-7-25-10-8-24(3)9-11-25;/h4-5,12,17,20H,6-11,13-14H2,1-3H3,(H,23,27);1H/t17?,20-,22-;/m0./s1. The summed E-state index contributed by atoms with van der Waals surface area (Å²) in [6, 6.07) is 5.79. The van der Waals surface area contributed by atoms with Crippen LogP contribution in [0.1, 0.15) is 37.3 Å². The Balaban J connectivity index is 0.00000240. The number of piperazine rings is 1. The van der Waals surface area contributed by atoms with Crippen LogP contribution in [0.3, 0.4) is 0 Å². The summed E-state index contributed by atoms with van der Waals surface area (Å²) in [6.07, 6.45) is 1.27. The summed E-state index contributed by atoms with van der Waals surface area (Å²) >= 11 is 0. The van der Waals surface area contributed by atoms with E-state index in [1.165, 1.54) is 11.1 Å². The zero-order chi connectivity index (χ0) is 19.9. The van der Waals surface area contributed by atoms with Gasteiger partial charge in [-0.15, -0.1) is 12.4 Å². The molecule has 6 nitrogen and oxygen atoms in total. The average molecular weight is 422 g/mol. The van der Waals surface area contributed by atoms with Crippen molar-refractivity contribution < 1.29 is 14.3 Å². The van der Waals surface area contributed by atoms with Gasteiger partial charge in [0, 0.05) is 56.5 Å². The third-order valence-electron chi connectivity index (χ3n) is 6.72. The van der Waals surface area contributed by atoms with E-state index >= 15 is 0 Å². The molecule has 0 aromatic heterocycles. The highest BCUT2D eigenvalue weighted by molar-refractivity contribution is 5.91. The lowest BCUT2D eigenvalue weighted by Crippen LogP contribution is -2.54. The van der Waals surface area contributed by atoms with Gasteiger partial charge in [-0.05, 0) is 26.5 Å². The number of hydrogen-bond donors (Lipinski definition) is 1. The number of fused-ring (bicyclic) bond motifs is 3. The van der Waals surface area contributed by atoms with Crippen LogP contribution in [0.15, 0.2) is 18.2 Å². The molecule has 1 amide bonds. The van der Waals surface area contributed by atoms with Gasteiger partial charge in [-0.3, -0.25) is 9.59 Å². The Morgan fingerprint density at radius 2 is 2.00 bits per heavy atom. The zero-order valence-corrected chi connectivity index (χ0v) is 18.4. The molecule has 4 rings (SSSR count). The van der Waals surface area contributed by atoms with E-state index in [1.807, 2.05) is 12.1 Å². The number of halogens is 1. The summed E-state index contributed by atoms with van der Waals surface area (Å²) in [5, 5.41) is 3.02. The maximum Gasteiger partial charge on any atom is 0.221 e. The predicted molar refractivity (Wildman–Crippen MR) is 115 cm³/mol. The number of hydrogen-bond acceptors (Lipinski definition) is 5. The van der Waals surface area contributed by atoms with Crippen molar-refractivity contribution in [2.45, 2.75) is 50.7 Å². The molecule has 0 bridgehead atoms. The first-order chi connectivity index (χ1) is 13.3. The SMILES string of the molecule is Cc1ccc2c(c1)[C@]1(C)CC(NC(=O)CCN3CCN(C)CC3)C(=O)C[C@@H]1O2.Cl. The summed E-state index contributed by atoms with van der Waals surface area (Å²) in [5.41, 5.74) is 2.13. The Kier molecular flexibility index (Phi) is 6.56. The Hall–Kier alpha value is -1.63. The number of carbonyl (C=O) groups is 2. The van der Waals surface area contributed by atoms with E-state index in [9.17, 15) is 9.59 Å². The largest absolute Gasteiger partial charge is 0.489 e. The van der Waals surface area contributed by atoms with Gasteiger partial charge < -0.3 is 19.9 Å². The molecule has 1 aliphatic carbocycles. The number of aryl methyl sites for hydroxylation is 1. The summed E-state index contributed by atoms with van der Waals surface area (Å²) in [5.74, 6) is 0.940. The van der Waals surface area contributed by atoms with Gasteiger partial charge >= 0.3 is 0 Å². The van der Waals surface area contributed by atoms with Gasteiger partial charge in [0.15, 0.2) is 5.78 Å². The van der Waals surface area contributed by atoms with Crippen LogP contribution in [0.5, 0.6) is 5.75 Å². The molecule has 29 heavy (non-hydrogen) atoms. The third kappa shape index (κ3) is 4.44. The number of ether oxygens (including phenoxy) is 1. The van der Waals surface area contributed by atoms with Gasteiger partial charge in [-0.25, -0.2) is 0 Å². The Morgan fingerprint density at radius 3 is 2.72 bits per heavy atom. The smallest absolute Gasteiger partial charge is 0.221 e. The number of Topliss-reactive ketones (excluding diaryl/α,β-unsaturated/α-hetero) is 1. The van der Waals surface area contributed by atoms with Gasteiger partial charge in [-0.1, -0.05) is 24.6 Å². The molecule has 2 aliphatic heterocycles. The van der Waals surface area contributed by atoms with Gasteiger partial charge in [0.2, 0.25) is 5.91 Å².